The Balaban J connectivity index is 1.46. The number of anilines is 2. The molecule has 2 unspecified atom stereocenters. The van der Waals surface area contributed by atoms with E-state index in [1.807, 2.05) is 19.1 Å². The fourth-order valence-electron chi connectivity index (χ4n) is 4.59. The molecule has 0 saturated carbocycles. The largest absolute Gasteiger partial charge is 0.394 e. The summed E-state index contributed by atoms with van der Waals surface area (Å²) < 4.78 is 0. The second-order valence-electron chi connectivity index (χ2n) is 9.61. The number of nitrogens with zero attached hydrogens (tertiary/aromatic N) is 3. The predicted molar refractivity (Wildman–Crippen MR) is 149 cm³/mol. The number of urea groups is 1. The van der Waals surface area contributed by atoms with Crippen LogP contribution in [0.15, 0.2) is 24.3 Å². The Bertz CT molecular complexity index is 931. The molecule has 2 saturated heterocycles. The number of nitrogens with one attached hydrogen (secondary N) is 3. The number of rotatable bonds is 13. The smallest absolute Gasteiger partial charge is 0.319 e. The van der Waals surface area contributed by atoms with Gasteiger partial charge < -0.3 is 46.6 Å². The maximum Gasteiger partial charge on any atom is 0.319 e. The van der Waals surface area contributed by atoms with Crippen molar-refractivity contribution < 1.29 is 24.6 Å². The van der Waals surface area contributed by atoms with E-state index in [2.05, 4.69) is 20.9 Å². The van der Waals surface area contributed by atoms with Gasteiger partial charge in [0.15, 0.2) is 0 Å². The van der Waals surface area contributed by atoms with Crippen molar-refractivity contribution in [2.75, 3.05) is 70.1 Å². The van der Waals surface area contributed by atoms with Gasteiger partial charge in [-0.3, -0.25) is 9.59 Å². The van der Waals surface area contributed by atoms with Crippen molar-refractivity contribution in [3.8, 4) is 0 Å². The van der Waals surface area contributed by atoms with Crippen LogP contribution >= 0.6 is 11.8 Å². The van der Waals surface area contributed by atoms with Gasteiger partial charge in [0.25, 0.3) is 0 Å². The Hall–Kier alpha value is -2.58. The molecular weight excluding hydrogens is 510 g/mol. The van der Waals surface area contributed by atoms with Crippen LogP contribution in [0, 0.1) is 0 Å². The van der Waals surface area contributed by atoms with Crippen LogP contribution in [0.1, 0.15) is 19.8 Å². The quantitative estimate of drug-likeness (QED) is 0.194. The molecule has 7 N–H and O–H groups in total. The number of likely N-dealkylation sites (tertiary alicyclic amines) is 1. The summed E-state index contributed by atoms with van der Waals surface area (Å²) in [6.45, 7) is 5.75. The van der Waals surface area contributed by atoms with Crippen molar-refractivity contribution in [2.24, 2.45) is 5.73 Å². The van der Waals surface area contributed by atoms with Crippen LogP contribution in [0.4, 0.5) is 16.2 Å². The number of thioether (sulfide) groups is 1. The number of nitrogens with two attached hydrogens (primary N) is 1. The van der Waals surface area contributed by atoms with E-state index in [0.29, 0.717) is 25.3 Å². The zero-order valence-electron chi connectivity index (χ0n) is 22.1. The fourth-order valence-corrected chi connectivity index (χ4v) is 6.04. The van der Waals surface area contributed by atoms with E-state index in [1.54, 1.807) is 17.0 Å². The van der Waals surface area contributed by atoms with Gasteiger partial charge in [0.1, 0.15) is 16.7 Å². The summed E-state index contributed by atoms with van der Waals surface area (Å²) in [6, 6.07) is 6.03. The fraction of sp³-hybridized carbons (Fsp3) is 0.640. The van der Waals surface area contributed by atoms with Crippen molar-refractivity contribution in [3.63, 3.8) is 0 Å². The van der Waals surface area contributed by atoms with E-state index < -0.39 is 35.3 Å². The van der Waals surface area contributed by atoms with Gasteiger partial charge in [0.05, 0.1) is 12.7 Å². The Morgan fingerprint density at radius 2 is 1.87 bits per heavy atom. The number of carbonyl (C=O) groups is 3. The minimum atomic E-state index is -1.05. The molecule has 38 heavy (non-hydrogen) atoms. The topological polar surface area (TPSA) is 163 Å². The van der Waals surface area contributed by atoms with E-state index in [9.17, 15) is 19.5 Å². The molecule has 1 aromatic rings. The van der Waals surface area contributed by atoms with Gasteiger partial charge in [0, 0.05) is 51.1 Å². The number of hydrogen-bond acceptors (Lipinski definition) is 9. The van der Waals surface area contributed by atoms with Crippen LogP contribution in [0.3, 0.4) is 0 Å². The van der Waals surface area contributed by atoms with E-state index in [0.717, 1.165) is 25.3 Å². The molecule has 3 rings (SSSR count). The zero-order valence-corrected chi connectivity index (χ0v) is 23.0. The van der Waals surface area contributed by atoms with Crippen LogP contribution in [0.5, 0.6) is 0 Å². The second-order valence-corrected chi connectivity index (χ2v) is 10.9. The highest BCUT2D eigenvalue weighted by molar-refractivity contribution is 8.01. The van der Waals surface area contributed by atoms with E-state index >= 15 is 0 Å². The first-order chi connectivity index (χ1) is 18.2. The number of carbonyl (C=O) groups excluding carboxylic acids is 3. The third kappa shape index (κ3) is 8.21. The molecule has 0 spiro atoms. The van der Waals surface area contributed by atoms with Crippen LogP contribution in [0.25, 0.3) is 0 Å². The first-order valence-electron chi connectivity index (χ1n) is 13.1. The highest BCUT2D eigenvalue weighted by Gasteiger charge is 2.44. The summed E-state index contributed by atoms with van der Waals surface area (Å²) in [6.07, 6.45) is 1.39. The number of likely N-dealkylation sites (N-methyl/N-ethyl adjacent to an activating group) is 2. The normalized spacial score (nSPS) is 21.3. The van der Waals surface area contributed by atoms with Crippen molar-refractivity contribution in [1.29, 1.82) is 0 Å². The average Bonchev–Trinajstić information content (AvgIpc) is 3.54. The van der Waals surface area contributed by atoms with Crippen molar-refractivity contribution >= 4 is 41.0 Å². The summed E-state index contributed by atoms with van der Waals surface area (Å²) in [4.78, 5) is 43.1. The molecule has 212 valence electrons. The van der Waals surface area contributed by atoms with Gasteiger partial charge >= 0.3 is 6.03 Å². The summed E-state index contributed by atoms with van der Waals surface area (Å²) in [5.41, 5.74) is 7.70. The average molecular weight is 552 g/mol. The zero-order chi connectivity index (χ0) is 27.7. The van der Waals surface area contributed by atoms with Gasteiger partial charge in [0.2, 0.25) is 11.8 Å². The highest BCUT2D eigenvalue weighted by atomic mass is 32.2. The van der Waals surface area contributed by atoms with Crippen molar-refractivity contribution in [3.05, 3.63) is 24.3 Å². The molecule has 2 aliphatic heterocycles. The van der Waals surface area contributed by atoms with E-state index in [1.165, 1.54) is 36.6 Å². The lowest BCUT2D eigenvalue weighted by atomic mass is 10.2. The molecule has 2 aliphatic rings. The summed E-state index contributed by atoms with van der Waals surface area (Å²) >= 11 is 1.34. The molecule has 2 heterocycles. The molecule has 4 amide bonds. The number of aliphatic hydroxyl groups excluding tert-OH is 2. The van der Waals surface area contributed by atoms with Gasteiger partial charge in [-0.1, -0.05) is 0 Å². The van der Waals surface area contributed by atoms with Gasteiger partial charge in [-0.2, -0.15) is 0 Å². The molecule has 0 aliphatic carbocycles. The van der Waals surface area contributed by atoms with Crippen molar-refractivity contribution in [2.45, 2.75) is 42.5 Å². The number of aliphatic hydroxyl groups is 2. The lowest BCUT2D eigenvalue weighted by Gasteiger charge is -2.30. The second kappa shape index (κ2) is 14.5. The standard InChI is InChI=1S/C25H41N7O5S/c1-3-32-22(35)20(38-24(32)21(26)23(36)30(2)15-19(34)16-33)14-28-17-6-8-18(9-7-17)29-25(37)27-10-13-31-11-4-5-12-31/h6-9,19-21,24,28,33-34H,3-5,10-16,26H2,1-2H3,(H2,27,29,37)/t19?,20-,21-,24?/m1/s1. The maximum atomic E-state index is 13.0. The molecule has 2 fully saturated rings. The minimum absolute atomic E-state index is 0.0450. The molecule has 4 atom stereocenters. The number of hydrogen-bond donors (Lipinski definition) is 6. The summed E-state index contributed by atoms with van der Waals surface area (Å²) in [5, 5.41) is 26.7. The number of amides is 4. The van der Waals surface area contributed by atoms with Crippen LogP contribution in [-0.2, 0) is 9.59 Å². The Kier molecular flexibility index (Phi) is 11.5. The predicted octanol–water partition coefficient (Wildman–Crippen LogP) is -0.255. The lowest BCUT2D eigenvalue weighted by molar-refractivity contribution is -0.135. The number of benzene rings is 1. The third-order valence-electron chi connectivity index (χ3n) is 6.72. The molecule has 12 nitrogen and oxygen atoms in total. The summed E-state index contributed by atoms with van der Waals surface area (Å²) in [7, 11) is 1.51. The SMILES string of the molecule is CCN1C(=O)[C@@H](CNc2ccc(NC(=O)NCCN3CCCC3)cc2)SC1[C@H](N)C(=O)N(C)CC(O)CO. The van der Waals surface area contributed by atoms with Gasteiger partial charge in [-0.05, 0) is 57.1 Å². The molecular formula is C25H41N7O5S. The lowest BCUT2D eigenvalue weighted by Crippen LogP contribution is -2.54. The minimum Gasteiger partial charge on any atom is -0.394 e. The van der Waals surface area contributed by atoms with Gasteiger partial charge in [-0.25, -0.2) is 4.79 Å². The molecule has 13 heteroatoms. The Labute approximate surface area is 228 Å². The van der Waals surface area contributed by atoms with Crippen molar-refractivity contribution in [1.82, 2.24) is 20.0 Å². The molecule has 0 bridgehead atoms. The van der Waals surface area contributed by atoms with E-state index in [4.69, 9.17) is 10.8 Å². The first kappa shape index (κ1) is 30.0. The van der Waals surface area contributed by atoms with Crippen LogP contribution in [-0.4, -0.2) is 125 Å². The Morgan fingerprint density at radius 1 is 1.21 bits per heavy atom. The Morgan fingerprint density at radius 3 is 2.50 bits per heavy atom. The van der Waals surface area contributed by atoms with Gasteiger partial charge in [-0.15, -0.1) is 11.8 Å². The highest BCUT2D eigenvalue weighted by Crippen LogP contribution is 2.33. The monoisotopic (exact) mass is 551 g/mol. The first-order valence-corrected chi connectivity index (χ1v) is 14.0. The third-order valence-corrected chi connectivity index (χ3v) is 8.24. The van der Waals surface area contributed by atoms with Crippen LogP contribution in [0.2, 0.25) is 0 Å². The molecule has 0 radical (unpaired) electrons. The molecule has 1 aromatic carbocycles. The molecule has 0 aromatic heterocycles. The summed E-state index contributed by atoms with van der Waals surface area (Å²) in [5.74, 6) is -0.502. The van der Waals surface area contributed by atoms with Crippen LogP contribution < -0.4 is 21.7 Å². The maximum absolute atomic E-state index is 13.0. The van der Waals surface area contributed by atoms with E-state index in [-0.39, 0.29) is 18.5 Å².